The Morgan fingerprint density at radius 3 is 2.39 bits per heavy atom. The second kappa shape index (κ2) is 6.79. The van der Waals surface area contributed by atoms with Gasteiger partial charge >= 0.3 is 5.97 Å². The molecule has 0 aromatic heterocycles. The molecule has 0 saturated carbocycles. The van der Waals surface area contributed by atoms with E-state index < -0.39 is 5.97 Å². The largest absolute Gasteiger partial charge is 0.478 e. The first-order valence-corrected chi connectivity index (χ1v) is 6.11. The molecule has 0 aliphatic carbocycles. The van der Waals surface area contributed by atoms with Crippen molar-refractivity contribution >= 4 is 11.9 Å². The maximum absolute atomic E-state index is 11.6. The molecule has 1 atom stereocenters. The predicted octanol–water partition coefficient (Wildman–Crippen LogP) is 2.09. The highest BCUT2D eigenvalue weighted by Gasteiger charge is 2.06. The third-order valence-electron chi connectivity index (χ3n) is 2.91. The zero-order valence-corrected chi connectivity index (χ0v) is 10.8. The van der Waals surface area contributed by atoms with E-state index in [9.17, 15) is 9.59 Å². The van der Waals surface area contributed by atoms with Gasteiger partial charge < -0.3 is 10.4 Å². The predicted molar refractivity (Wildman–Crippen MR) is 69.6 cm³/mol. The average Bonchev–Trinajstić information content (AvgIpc) is 2.36. The average molecular weight is 249 g/mol. The van der Waals surface area contributed by atoms with Crippen molar-refractivity contribution in [2.75, 3.05) is 6.54 Å². The molecule has 0 spiro atoms. The quantitative estimate of drug-likeness (QED) is 0.811. The van der Waals surface area contributed by atoms with Gasteiger partial charge in [-0.3, -0.25) is 4.79 Å². The highest BCUT2D eigenvalue weighted by Crippen LogP contribution is 2.05. The molecule has 0 saturated heterocycles. The summed E-state index contributed by atoms with van der Waals surface area (Å²) in [5.74, 6) is -0.510. The maximum Gasteiger partial charge on any atom is 0.335 e. The van der Waals surface area contributed by atoms with Crippen LogP contribution >= 0.6 is 0 Å². The van der Waals surface area contributed by atoms with Gasteiger partial charge in [-0.25, -0.2) is 4.79 Å². The number of aromatic carboxylic acids is 1. The van der Waals surface area contributed by atoms with E-state index in [0.717, 1.165) is 12.0 Å². The van der Waals surface area contributed by atoms with Gasteiger partial charge in [0, 0.05) is 6.54 Å². The number of carboxylic acids is 1. The molecule has 4 nitrogen and oxygen atoms in total. The molecule has 1 amide bonds. The van der Waals surface area contributed by atoms with E-state index in [4.69, 9.17) is 5.11 Å². The van der Waals surface area contributed by atoms with Gasteiger partial charge in [-0.2, -0.15) is 0 Å². The Bertz CT molecular complexity index is 412. The molecule has 1 aromatic rings. The normalized spacial score (nSPS) is 11.9. The molecule has 2 N–H and O–H groups in total. The Morgan fingerprint density at radius 2 is 1.89 bits per heavy atom. The summed E-state index contributed by atoms with van der Waals surface area (Å²) in [5, 5.41) is 11.6. The molecular weight excluding hydrogens is 230 g/mol. The summed E-state index contributed by atoms with van der Waals surface area (Å²) < 4.78 is 0. The van der Waals surface area contributed by atoms with E-state index >= 15 is 0 Å². The Morgan fingerprint density at radius 1 is 1.28 bits per heavy atom. The smallest absolute Gasteiger partial charge is 0.335 e. The van der Waals surface area contributed by atoms with Crippen molar-refractivity contribution in [1.29, 1.82) is 0 Å². The number of amides is 1. The molecule has 0 aliphatic heterocycles. The van der Waals surface area contributed by atoms with Crippen molar-refractivity contribution in [2.24, 2.45) is 5.92 Å². The lowest BCUT2D eigenvalue weighted by Crippen LogP contribution is -2.29. The van der Waals surface area contributed by atoms with Gasteiger partial charge in [-0.1, -0.05) is 32.4 Å². The first-order chi connectivity index (χ1) is 8.52. The second-order valence-electron chi connectivity index (χ2n) is 4.50. The molecule has 0 heterocycles. The fourth-order valence-corrected chi connectivity index (χ4v) is 1.45. The van der Waals surface area contributed by atoms with Crippen LogP contribution in [0.4, 0.5) is 0 Å². The molecule has 1 rings (SSSR count). The van der Waals surface area contributed by atoms with Crippen LogP contribution in [0.3, 0.4) is 0 Å². The minimum atomic E-state index is -0.956. The maximum atomic E-state index is 11.6. The molecule has 0 radical (unpaired) electrons. The van der Waals surface area contributed by atoms with Crippen LogP contribution in [0.25, 0.3) is 0 Å². The van der Waals surface area contributed by atoms with Gasteiger partial charge in [0.25, 0.3) is 0 Å². The van der Waals surface area contributed by atoms with Gasteiger partial charge in [0.05, 0.1) is 12.0 Å². The van der Waals surface area contributed by atoms with Crippen LogP contribution in [0.5, 0.6) is 0 Å². The van der Waals surface area contributed by atoms with Crippen LogP contribution in [-0.2, 0) is 11.2 Å². The van der Waals surface area contributed by atoms with E-state index in [2.05, 4.69) is 19.2 Å². The fourth-order valence-electron chi connectivity index (χ4n) is 1.45. The fraction of sp³-hybridized carbons (Fsp3) is 0.429. The summed E-state index contributed by atoms with van der Waals surface area (Å²) >= 11 is 0. The van der Waals surface area contributed by atoms with Crippen molar-refractivity contribution in [1.82, 2.24) is 5.32 Å². The van der Waals surface area contributed by atoms with Crippen LogP contribution in [0, 0.1) is 5.92 Å². The number of benzene rings is 1. The zero-order chi connectivity index (χ0) is 13.5. The summed E-state index contributed by atoms with van der Waals surface area (Å²) in [7, 11) is 0. The number of carbonyl (C=O) groups excluding carboxylic acids is 1. The van der Waals surface area contributed by atoms with E-state index in [-0.39, 0.29) is 17.9 Å². The molecule has 1 aromatic carbocycles. The number of carbonyl (C=O) groups is 2. The Labute approximate surface area is 107 Å². The summed E-state index contributed by atoms with van der Waals surface area (Å²) in [5.41, 5.74) is 1.06. The number of rotatable bonds is 6. The molecule has 98 valence electrons. The third-order valence-corrected chi connectivity index (χ3v) is 2.91. The minimum absolute atomic E-state index is 0.0293. The Hall–Kier alpha value is -1.84. The summed E-state index contributed by atoms with van der Waals surface area (Å²) in [6.07, 6.45) is 1.32. The van der Waals surface area contributed by atoms with Gasteiger partial charge in [-0.15, -0.1) is 0 Å². The summed E-state index contributed by atoms with van der Waals surface area (Å²) in [6, 6.07) is 6.37. The van der Waals surface area contributed by atoms with Gasteiger partial charge in [0.15, 0.2) is 0 Å². The third kappa shape index (κ3) is 4.57. The lowest BCUT2D eigenvalue weighted by molar-refractivity contribution is -0.120. The number of nitrogens with one attached hydrogen (secondary N) is 1. The van der Waals surface area contributed by atoms with Crippen molar-refractivity contribution in [3.05, 3.63) is 35.4 Å². The SMILES string of the molecule is CCC(C)CNC(=O)Cc1ccc(C(=O)O)cc1. The van der Waals surface area contributed by atoms with E-state index in [0.29, 0.717) is 12.5 Å². The molecular formula is C14H19NO3. The van der Waals surface area contributed by atoms with Crippen molar-refractivity contribution in [3.63, 3.8) is 0 Å². The van der Waals surface area contributed by atoms with Gasteiger partial charge in [-0.05, 0) is 23.6 Å². The first kappa shape index (κ1) is 14.2. The summed E-state index contributed by atoms with van der Waals surface area (Å²) in [6.45, 7) is 4.85. The zero-order valence-electron chi connectivity index (χ0n) is 10.8. The standard InChI is InChI=1S/C14H19NO3/c1-3-10(2)9-15-13(16)8-11-4-6-12(7-5-11)14(17)18/h4-7,10H,3,8-9H2,1-2H3,(H,15,16)(H,17,18). The van der Waals surface area contributed by atoms with Crippen LogP contribution in [0.2, 0.25) is 0 Å². The van der Waals surface area contributed by atoms with Crippen LogP contribution in [0.1, 0.15) is 36.2 Å². The number of carboxylic acid groups (broad SMARTS) is 1. The van der Waals surface area contributed by atoms with Crippen molar-refractivity contribution in [3.8, 4) is 0 Å². The van der Waals surface area contributed by atoms with E-state index in [1.54, 1.807) is 12.1 Å². The second-order valence-corrected chi connectivity index (χ2v) is 4.50. The molecule has 0 aliphatic rings. The number of hydrogen-bond acceptors (Lipinski definition) is 2. The topological polar surface area (TPSA) is 66.4 Å². The highest BCUT2D eigenvalue weighted by atomic mass is 16.4. The van der Waals surface area contributed by atoms with E-state index in [1.807, 2.05) is 0 Å². The Balaban J connectivity index is 2.47. The molecule has 1 unspecified atom stereocenters. The van der Waals surface area contributed by atoms with Gasteiger partial charge in [0.1, 0.15) is 0 Å². The Kier molecular flexibility index (Phi) is 5.36. The highest BCUT2D eigenvalue weighted by molar-refractivity contribution is 5.87. The molecule has 4 heteroatoms. The number of hydrogen-bond donors (Lipinski definition) is 2. The minimum Gasteiger partial charge on any atom is -0.478 e. The molecule has 18 heavy (non-hydrogen) atoms. The molecule has 0 bridgehead atoms. The lowest BCUT2D eigenvalue weighted by Gasteiger charge is -2.10. The van der Waals surface area contributed by atoms with Gasteiger partial charge in [0.2, 0.25) is 5.91 Å². The molecule has 0 fully saturated rings. The van der Waals surface area contributed by atoms with Crippen molar-refractivity contribution < 1.29 is 14.7 Å². The monoisotopic (exact) mass is 249 g/mol. The van der Waals surface area contributed by atoms with E-state index in [1.165, 1.54) is 12.1 Å². The van der Waals surface area contributed by atoms with Crippen molar-refractivity contribution in [2.45, 2.75) is 26.7 Å². The van der Waals surface area contributed by atoms with Crippen LogP contribution in [0.15, 0.2) is 24.3 Å². The van der Waals surface area contributed by atoms with Crippen LogP contribution in [-0.4, -0.2) is 23.5 Å². The summed E-state index contributed by atoms with van der Waals surface area (Å²) in [4.78, 5) is 22.3. The van der Waals surface area contributed by atoms with Crippen LogP contribution < -0.4 is 5.32 Å². The first-order valence-electron chi connectivity index (χ1n) is 6.11. The lowest BCUT2D eigenvalue weighted by atomic mass is 10.1.